The number of ether oxygens (including phenoxy) is 1. The van der Waals surface area contributed by atoms with Crippen molar-refractivity contribution in [3.63, 3.8) is 0 Å². The first-order chi connectivity index (χ1) is 16.5. The number of anilines is 1. The van der Waals surface area contributed by atoms with Crippen LogP contribution in [0.5, 0.6) is 11.5 Å². The van der Waals surface area contributed by atoms with Crippen LogP contribution in [-0.4, -0.2) is 16.6 Å². The van der Waals surface area contributed by atoms with Crippen LogP contribution < -0.4 is 10.1 Å². The van der Waals surface area contributed by atoms with Crippen LogP contribution in [0.25, 0.3) is 11.1 Å². The number of nitrogens with one attached hydrogen (secondary N) is 1. The maximum atomic E-state index is 13.7. The van der Waals surface area contributed by atoms with Gasteiger partial charge >= 0.3 is 0 Å². The molecule has 1 aromatic heterocycles. The van der Waals surface area contributed by atoms with Crippen LogP contribution in [-0.2, 0) is 11.2 Å². The van der Waals surface area contributed by atoms with Gasteiger partial charge in [-0.05, 0) is 59.8 Å². The largest absolute Gasteiger partial charge is 0.457 e. The lowest BCUT2D eigenvalue weighted by molar-refractivity contribution is -0.115. The van der Waals surface area contributed by atoms with E-state index < -0.39 is 11.8 Å². The first-order valence-electron chi connectivity index (χ1n) is 10.7. The van der Waals surface area contributed by atoms with Crippen molar-refractivity contribution in [2.24, 2.45) is 0 Å². The number of hydrogen-bond acceptors (Lipinski definition) is 4. The Hall–Kier alpha value is -3.71. The Morgan fingerprint density at radius 1 is 1.00 bits per heavy atom. The number of pyridine rings is 1. The number of carbonyl (C=O) groups is 1. The number of thioether (sulfide) groups is 1. The summed E-state index contributed by atoms with van der Waals surface area (Å²) >= 11 is 1.75. The van der Waals surface area contributed by atoms with E-state index in [4.69, 9.17) is 4.74 Å². The summed E-state index contributed by atoms with van der Waals surface area (Å²) in [6.07, 6.45) is 1.61. The topological polar surface area (TPSA) is 51.2 Å². The van der Waals surface area contributed by atoms with Gasteiger partial charge in [-0.1, -0.05) is 25.1 Å². The fourth-order valence-electron chi connectivity index (χ4n) is 3.38. The smallest absolute Gasteiger partial charge is 0.228 e. The number of aromatic nitrogens is 1. The summed E-state index contributed by atoms with van der Waals surface area (Å²) in [5.74, 6) is 0.451. The summed E-state index contributed by atoms with van der Waals surface area (Å²) in [4.78, 5) is 17.5. The maximum Gasteiger partial charge on any atom is 0.228 e. The van der Waals surface area contributed by atoms with Crippen molar-refractivity contribution >= 4 is 23.4 Å². The molecule has 1 N–H and O–H groups in total. The summed E-state index contributed by atoms with van der Waals surface area (Å²) in [5, 5.41) is 2.88. The van der Waals surface area contributed by atoms with Crippen molar-refractivity contribution in [1.29, 1.82) is 0 Å². The molecule has 0 saturated carbocycles. The number of benzene rings is 3. The molecule has 4 aromatic rings. The van der Waals surface area contributed by atoms with E-state index in [1.54, 1.807) is 48.2 Å². The molecule has 0 unspecified atom stereocenters. The molecule has 1 amide bonds. The summed E-state index contributed by atoms with van der Waals surface area (Å²) in [7, 11) is 0. The third-order valence-corrected chi connectivity index (χ3v) is 5.82. The van der Waals surface area contributed by atoms with Crippen molar-refractivity contribution in [2.45, 2.75) is 18.2 Å². The number of rotatable bonds is 8. The first kappa shape index (κ1) is 23.4. The molecule has 1 heterocycles. The minimum atomic E-state index is -0.596. The van der Waals surface area contributed by atoms with E-state index >= 15 is 0 Å². The highest BCUT2D eigenvalue weighted by molar-refractivity contribution is 7.99. The normalized spacial score (nSPS) is 10.7. The molecule has 0 spiro atoms. The zero-order chi connectivity index (χ0) is 23.9. The molecule has 0 bridgehead atoms. The maximum absolute atomic E-state index is 13.7. The number of amides is 1. The Morgan fingerprint density at radius 2 is 1.82 bits per heavy atom. The van der Waals surface area contributed by atoms with Crippen molar-refractivity contribution in [2.75, 3.05) is 11.1 Å². The highest BCUT2D eigenvalue weighted by Crippen LogP contribution is 2.35. The van der Waals surface area contributed by atoms with Crippen molar-refractivity contribution in [3.8, 4) is 22.6 Å². The van der Waals surface area contributed by atoms with Crippen LogP contribution in [0.2, 0.25) is 0 Å². The predicted molar refractivity (Wildman–Crippen MR) is 131 cm³/mol. The summed E-state index contributed by atoms with van der Waals surface area (Å²) in [6, 6.07) is 21.6. The van der Waals surface area contributed by atoms with E-state index in [0.717, 1.165) is 16.2 Å². The van der Waals surface area contributed by atoms with Gasteiger partial charge < -0.3 is 10.1 Å². The quantitative estimate of drug-likeness (QED) is 0.217. The lowest BCUT2D eigenvalue weighted by Gasteiger charge is -2.14. The van der Waals surface area contributed by atoms with Gasteiger partial charge in [-0.15, -0.1) is 11.8 Å². The van der Waals surface area contributed by atoms with E-state index in [9.17, 15) is 13.6 Å². The molecular formula is C27H22F2N2O2S. The van der Waals surface area contributed by atoms with E-state index in [2.05, 4.69) is 17.2 Å². The van der Waals surface area contributed by atoms with Crippen LogP contribution >= 0.6 is 11.8 Å². The molecule has 4 nitrogen and oxygen atoms in total. The first-order valence-corrected chi connectivity index (χ1v) is 11.7. The average molecular weight is 477 g/mol. The Labute approximate surface area is 201 Å². The third kappa shape index (κ3) is 6.20. The van der Waals surface area contributed by atoms with E-state index in [-0.39, 0.29) is 12.3 Å². The number of carbonyl (C=O) groups excluding carboxylic acids is 1. The summed E-state index contributed by atoms with van der Waals surface area (Å²) < 4.78 is 32.9. The molecule has 34 heavy (non-hydrogen) atoms. The van der Waals surface area contributed by atoms with Gasteiger partial charge in [-0.3, -0.25) is 4.79 Å². The second-order valence-electron chi connectivity index (χ2n) is 7.44. The van der Waals surface area contributed by atoms with Crippen LogP contribution in [0, 0.1) is 11.8 Å². The number of nitrogens with zero attached hydrogens (tertiary/aromatic N) is 1. The molecule has 0 aliphatic carbocycles. The van der Waals surface area contributed by atoms with Gasteiger partial charge in [-0.25, -0.2) is 9.37 Å². The summed E-state index contributed by atoms with van der Waals surface area (Å²) in [5.41, 5.74) is 2.67. The van der Waals surface area contributed by atoms with Crippen molar-refractivity contribution in [1.82, 2.24) is 4.98 Å². The van der Waals surface area contributed by atoms with Crippen LogP contribution in [0.4, 0.5) is 14.5 Å². The minimum Gasteiger partial charge on any atom is -0.457 e. The fourth-order valence-corrected chi connectivity index (χ4v) is 4.04. The Bertz CT molecular complexity index is 1280. The SMILES string of the molecule is CCSc1ccc(CC(=O)Nc2ccc(-c3ccc(F)nc3)c(Oc3cccc(F)c3)c2)cc1. The van der Waals surface area contributed by atoms with E-state index in [1.807, 2.05) is 24.3 Å². The lowest BCUT2D eigenvalue weighted by Crippen LogP contribution is -2.14. The van der Waals surface area contributed by atoms with Gasteiger partial charge in [0.25, 0.3) is 0 Å². The van der Waals surface area contributed by atoms with Crippen molar-refractivity contribution in [3.05, 3.63) is 102 Å². The Morgan fingerprint density at radius 3 is 2.53 bits per heavy atom. The molecule has 4 rings (SSSR count). The van der Waals surface area contributed by atoms with E-state index in [1.165, 1.54) is 24.4 Å². The van der Waals surface area contributed by atoms with Crippen LogP contribution in [0.3, 0.4) is 0 Å². The fraction of sp³-hybridized carbons (Fsp3) is 0.111. The molecular weight excluding hydrogens is 454 g/mol. The molecule has 3 aromatic carbocycles. The van der Waals surface area contributed by atoms with Crippen molar-refractivity contribution < 1.29 is 18.3 Å². The molecule has 0 saturated heterocycles. The molecule has 7 heteroatoms. The van der Waals surface area contributed by atoms with Gasteiger partial charge in [0.1, 0.15) is 17.3 Å². The monoisotopic (exact) mass is 476 g/mol. The Kier molecular flexibility index (Phi) is 7.54. The van der Waals surface area contributed by atoms with Crippen LogP contribution in [0.15, 0.2) is 90.0 Å². The lowest BCUT2D eigenvalue weighted by atomic mass is 10.1. The molecule has 0 radical (unpaired) electrons. The molecule has 172 valence electrons. The van der Waals surface area contributed by atoms with Gasteiger partial charge in [-0.2, -0.15) is 4.39 Å². The van der Waals surface area contributed by atoms with Gasteiger partial charge in [0.2, 0.25) is 11.9 Å². The summed E-state index contributed by atoms with van der Waals surface area (Å²) in [6.45, 7) is 2.09. The highest BCUT2D eigenvalue weighted by atomic mass is 32.2. The zero-order valence-corrected chi connectivity index (χ0v) is 19.2. The predicted octanol–water partition coefficient (Wildman–Crippen LogP) is 7.11. The number of hydrogen-bond donors (Lipinski definition) is 1. The minimum absolute atomic E-state index is 0.177. The van der Waals surface area contributed by atoms with E-state index in [0.29, 0.717) is 28.3 Å². The number of halogens is 2. The van der Waals surface area contributed by atoms with Crippen LogP contribution in [0.1, 0.15) is 12.5 Å². The average Bonchev–Trinajstić information content (AvgIpc) is 2.81. The second-order valence-corrected chi connectivity index (χ2v) is 8.78. The van der Waals surface area contributed by atoms with Gasteiger partial charge in [0.15, 0.2) is 0 Å². The molecule has 0 aliphatic rings. The zero-order valence-electron chi connectivity index (χ0n) is 18.4. The standard InChI is InChI=1S/C27H22F2N2O2S/c1-2-34-23-10-6-18(7-11-23)14-27(32)31-21-9-12-24(19-8-13-26(29)30-17-19)25(16-21)33-22-5-3-4-20(28)15-22/h3-13,15-17H,2,14H2,1H3,(H,31,32). The van der Waals surface area contributed by atoms with Gasteiger partial charge in [0.05, 0.1) is 6.42 Å². The highest BCUT2D eigenvalue weighted by Gasteiger charge is 2.12. The second kappa shape index (κ2) is 10.9. The molecule has 0 fully saturated rings. The molecule has 0 atom stereocenters. The third-order valence-electron chi connectivity index (χ3n) is 4.93. The molecule has 0 aliphatic heterocycles. The van der Waals surface area contributed by atoms with Gasteiger partial charge in [0, 0.05) is 40.0 Å². The Balaban J connectivity index is 1.56.